The molecule has 108 valence electrons. The van der Waals surface area contributed by atoms with Crippen molar-refractivity contribution in [3.8, 4) is 11.5 Å². The molecule has 0 aliphatic heterocycles. The monoisotopic (exact) mass is 321 g/mol. The van der Waals surface area contributed by atoms with Crippen LogP contribution in [0.1, 0.15) is 5.69 Å². The predicted octanol–water partition coefficient (Wildman–Crippen LogP) is 2.28. The van der Waals surface area contributed by atoms with Crippen molar-refractivity contribution in [2.45, 2.75) is 10.8 Å². The fourth-order valence-corrected chi connectivity index (χ4v) is 3.79. The van der Waals surface area contributed by atoms with Gasteiger partial charge in [0.25, 0.3) is 0 Å². The fraction of sp³-hybridized carbons (Fsp3) is 0.0769. The molecule has 0 spiro atoms. The molecule has 3 aromatic rings. The SMILES string of the molecule is O=S(=O)(NCc1nccnc1-c1ccco1)c1cccs1. The number of furan rings is 1. The van der Waals surface area contributed by atoms with Gasteiger partial charge in [-0.2, -0.15) is 0 Å². The zero-order valence-electron chi connectivity index (χ0n) is 10.8. The van der Waals surface area contributed by atoms with E-state index in [4.69, 9.17) is 4.42 Å². The maximum absolute atomic E-state index is 12.1. The summed E-state index contributed by atoms with van der Waals surface area (Å²) in [5.41, 5.74) is 1.03. The summed E-state index contributed by atoms with van der Waals surface area (Å²) in [5, 5.41) is 1.71. The molecule has 21 heavy (non-hydrogen) atoms. The van der Waals surface area contributed by atoms with E-state index >= 15 is 0 Å². The standard InChI is InChI=1S/C13H11N3O3S2/c17-21(18,12-4-2-8-20-12)16-9-10-13(15-6-5-14-10)11-3-1-7-19-11/h1-8,16H,9H2. The van der Waals surface area contributed by atoms with Crippen LogP contribution in [0, 0.1) is 0 Å². The fourth-order valence-electron chi connectivity index (χ4n) is 1.77. The Kier molecular flexibility index (Phi) is 3.82. The van der Waals surface area contributed by atoms with Crippen LogP contribution in [0.25, 0.3) is 11.5 Å². The molecule has 6 nitrogen and oxygen atoms in total. The summed E-state index contributed by atoms with van der Waals surface area (Å²) in [6, 6.07) is 6.73. The molecule has 0 aromatic carbocycles. The van der Waals surface area contributed by atoms with Gasteiger partial charge in [-0.3, -0.25) is 4.98 Å². The number of hydrogen-bond acceptors (Lipinski definition) is 6. The van der Waals surface area contributed by atoms with Gasteiger partial charge in [-0.05, 0) is 23.6 Å². The number of aromatic nitrogens is 2. The summed E-state index contributed by atoms with van der Waals surface area (Å²) in [7, 11) is -3.53. The van der Waals surface area contributed by atoms with Crippen molar-refractivity contribution in [3.05, 3.63) is 54.0 Å². The molecule has 0 atom stereocenters. The van der Waals surface area contributed by atoms with Crippen molar-refractivity contribution < 1.29 is 12.8 Å². The molecule has 0 saturated heterocycles. The van der Waals surface area contributed by atoms with E-state index in [0.29, 0.717) is 17.1 Å². The Balaban J connectivity index is 1.84. The van der Waals surface area contributed by atoms with Gasteiger partial charge in [0.15, 0.2) is 5.76 Å². The van der Waals surface area contributed by atoms with Crippen molar-refractivity contribution in [1.29, 1.82) is 0 Å². The molecule has 0 radical (unpaired) electrons. The van der Waals surface area contributed by atoms with Crippen molar-refractivity contribution in [2.24, 2.45) is 0 Å². The summed E-state index contributed by atoms with van der Waals surface area (Å²) in [6.45, 7) is 0.0457. The normalized spacial score (nSPS) is 11.6. The topological polar surface area (TPSA) is 85.1 Å². The first-order valence-electron chi connectivity index (χ1n) is 6.04. The smallest absolute Gasteiger partial charge is 0.250 e. The quantitative estimate of drug-likeness (QED) is 0.779. The molecule has 0 fully saturated rings. The zero-order chi connectivity index (χ0) is 14.7. The number of hydrogen-bond donors (Lipinski definition) is 1. The minimum Gasteiger partial charge on any atom is -0.463 e. The van der Waals surface area contributed by atoms with E-state index in [0.717, 1.165) is 11.3 Å². The third-order valence-electron chi connectivity index (χ3n) is 2.72. The maximum atomic E-state index is 12.1. The lowest BCUT2D eigenvalue weighted by Crippen LogP contribution is -2.23. The van der Waals surface area contributed by atoms with Crippen molar-refractivity contribution in [3.63, 3.8) is 0 Å². The highest BCUT2D eigenvalue weighted by atomic mass is 32.2. The van der Waals surface area contributed by atoms with Crippen molar-refractivity contribution >= 4 is 21.4 Å². The van der Waals surface area contributed by atoms with E-state index < -0.39 is 10.0 Å². The van der Waals surface area contributed by atoms with Gasteiger partial charge >= 0.3 is 0 Å². The highest BCUT2D eigenvalue weighted by Crippen LogP contribution is 2.21. The average molecular weight is 321 g/mol. The van der Waals surface area contributed by atoms with Crippen LogP contribution < -0.4 is 4.72 Å². The average Bonchev–Trinajstić information content (AvgIpc) is 3.18. The van der Waals surface area contributed by atoms with Gasteiger partial charge in [-0.15, -0.1) is 11.3 Å². The molecule has 1 N–H and O–H groups in total. The summed E-state index contributed by atoms with van der Waals surface area (Å²) in [6.07, 6.45) is 4.58. The number of sulfonamides is 1. The van der Waals surface area contributed by atoms with Crippen LogP contribution in [0.15, 0.2) is 56.9 Å². The first-order chi connectivity index (χ1) is 10.2. The highest BCUT2D eigenvalue weighted by Gasteiger charge is 2.17. The van der Waals surface area contributed by atoms with E-state index in [-0.39, 0.29) is 10.8 Å². The molecule has 0 unspecified atom stereocenters. The lowest BCUT2D eigenvalue weighted by molar-refractivity contribution is 0.574. The van der Waals surface area contributed by atoms with Crippen LogP contribution in [0.4, 0.5) is 0 Å². The Labute approximate surface area is 125 Å². The number of thiophene rings is 1. The van der Waals surface area contributed by atoms with Crippen LogP contribution >= 0.6 is 11.3 Å². The Morgan fingerprint density at radius 3 is 2.76 bits per heavy atom. The molecule has 0 bridgehead atoms. The summed E-state index contributed by atoms with van der Waals surface area (Å²) in [5.74, 6) is 0.549. The van der Waals surface area contributed by atoms with Gasteiger partial charge in [-0.25, -0.2) is 18.1 Å². The van der Waals surface area contributed by atoms with Gasteiger partial charge in [0.2, 0.25) is 10.0 Å². The highest BCUT2D eigenvalue weighted by molar-refractivity contribution is 7.91. The second-order valence-electron chi connectivity index (χ2n) is 4.09. The van der Waals surface area contributed by atoms with Crippen LogP contribution in [0.3, 0.4) is 0 Å². The van der Waals surface area contributed by atoms with Gasteiger partial charge in [-0.1, -0.05) is 6.07 Å². The van der Waals surface area contributed by atoms with Gasteiger partial charge < -0.3 is 4.42 Å². The number of nitrogens with zero attached hydrogens (tertiary/aromatic N) is 2. The number of rotatable bonds is 5. The maximum Gasteiger partial charge on any atom is 0.250 e. The Morgan fingerprint density at radius 1 is 1.19 bits per heavy atom. The van der Waals surface area contributed by atoms with Gasteiger partial charge in [0.1, 0.15) is 9.90 Å². The van der Waals surface area contributed by atoms with Crippen LogP contribution in [0.2, 0.25) is 0 Å². The van der Waals surface area contributed by atoms with Crippen LogP contribution in [0.5, 0.6) is 0 Å². The van der Waals surface area contributed by atoms with Crippen LogP contribution in [-0.2, 0) is 16.6 Å². The van der Waals surface area contributed by atoms with E-state index in [9.17, 15) is 8.42 Å². The van der Waals surface area contributed by atoms with E-state index in [1.54, 1.807) is 29.6 Å². The molecular formula is C13H11N3O3S2. The molecular weight excluding hydrogens is 310 g/mol. The second kappa shape index (κ2) is 5.76. The lowest BCUT2D eigenvalue weighted by atomic mass is 10.2. The largest absolute Gasteiger partial charge is 0.463 e. The molecule has 0 aliphatic rings. The second-order valence-corrected chi connectivity index (χ2v) is 7.03. The molecule has 0 aliphatic carbocycles. The minimum atomic E-state index is -3.53. The van der Waals surface area contributed by atoms with E-state index in [2.05, 4.69) is 14.7 Å². The van der Waals surface area contributed by atoms with Gasteiger partial charge in [0.05, 0.1) is 18.5 Å². The van der Waals surface area contributed by atoms with Crippen molar-refractivity contribution in [1.82, 2.24) is 14.7 Å². The molecule has 0 saturated carbocycles. The minimum absolute atomic E-state index is 0.0457. The zero-order valence-corrected chi connectivity index (χ0v) is 12.4. The van der Waals surface area contributed by atoms with E-state index in [1.165, 1.54) is 18.7 Å². The molecule has 3 aromatic heterocycles. The molecule has 0 amide bonds. The summed E-state index contributed by atoms with van der Waals surface area (Å²) < 4.78 is 32.3. The molecule has 8 heteroatoms. The first-order valence-corrected chi connectivity index (χ1v) is 8.40. The third kappa shape index (κ3) is 3.02. The summed E-state index contributed by atoms with van der Waals surface area (Å²) >= 11 is 1.16. The summed E-state index contributed by atoms with van der Waals surface area (Å²) in [4.78, 5) is 8.37. The Hall–Kier alpha value is -2.03. The van der Waals surface area contributed by atoms with E-state index in [1.807, 2.05) is 0 Å². The van der Waals surface area contributed by atoms with Crippen molar-refractivity contribution in [2.75, 3.05) is 0 Å². The lowest BCUT2D eigenvalue weighted by Gasteiger charge is -2.07. The number of nitrogens with one attached hydrogen (secondary N) is 1. The Morgan fingerprint density at radius 2 is 2.05 bits per heavy atom. The molecule has 3 rings (SSSR count). The molecule has 3 heterocycles. The Bertz CT molecular complexity index is 812. The third-order valence-corrected chi connectivity index (χ3v) is 5.52. The first kappa shape index (κ1) is 13.9. The predicted molar refractivity (Wildman–Crippen MR) is 78.1 cm³/mol. The van der Waals surface area contributed by atoms with Gasteiger partial charge in [0, 0.05) is 12.4 Å². The van der Waals surface area contributed by atoms with Crippen LogP contribution in [-0.4, -0.2) is 18.4 Å².